The van der Waals surface area contributed by atoms with Gasteiger partial charge in [0, 0.05) is 13.2 Å². The number of amides is 1. The maximum Gasteiger partial charge on any atom is 0.237 e. The smallest absolute Gasteiger partial charge is 0.237 e. The Morgan fingerprint density at radius 2 is 2.25 bits per heavy atom. The molecule has 0 radical (unpaired) electrons. The summed E-state index contributed by atoms with van der Waals surface area (Å²) in [5.41, 5.74) is 5.68. The molecule has 0 aliphatic carbocycles. The van der Waals surface area contributed by atoms with Gasteiger partial charge in [0.25, 0.3) is 0 Å². The second-order valence-electron chi connectivity index (χ2n) is 5.67. The van der Waals surface area contributed by atoms with Crippen molar-refractivity contribution in [3.63, 3.8) is 0 Å². The molecule has 1 fully saturated rings. The Kier molecular flexibility index (Phi) is 4.74. The summed E-state index contributed by atoms with van der Waals surface area (Å²) < 4.78 is 5.36. The standard InChI is InChI=1S/C12H24N2O2/c1-12(2,3)10(13)11(15)14-7-9-5-4-6-16-8-9/h9-10H,4-8,13H2,1-3H3,(H,14,15). The lowest BCUT2D eigenvalue weighted by molar-refractivity contribution is -0.124. The van der Waals surface area contributed by atoms with E-state index in [4.69, 9.17) is 10.5 Å². The van der Waals surface area contributed by atoms with E-state index in [-0.39, 0.29) is 11.3 Å². The summed E-state index contributed by atoms with van der Waals surface area (Å²) >= 11 is 0. The van der Waals surface area contributed by atoms with Gasteiger partial charge in [0.1, 0.15) is 0 Å². The third-order valence-corrected chi connectivity index (χ3v) is 3.04. The number of nitrogens with two attached hydrogens (primary N) is 1. The zero-order chi connectivity index (χ0) is 12.2. The highest BCUT2D eigenvalue weighted by Gasteiger charge is 2.27. The lowest BCUT2D eigenvalue weighted by Crippen LogP contribution is -2.49. The molecule has 1 rings (SSSR count). The molecule has 1 aliphatic heterocycles. The molecule has 3 N–H and O–H groups in total. The van der Waals surface area contributed by atoms with Crippen LogP contribution in [0.3, 0.4) is 0 Å². The van der Waals surface area contributed by atoms with E-state index < -0.39 is 6.04 Å². The molecular weight excluding hydrogens is 204 g/mol. The van der Waals surface area contributed by atoms with Gasteiger partial charge in [-0.2, -0.15) is 0 Å². The predicted octanol–water partition coefficient (Wildman–Crippen LogP) is 0.903. The van der Waals surface area contributed by atoms with Crippen LogP contribution in [0.15, 0.2) is 0 Å². The number of hydrogen-bond acceptors (Lipinski definition) is 3. The number of hydrogen-bond donors (Lipinski definition) is 2. The van der Waals surface area contributed by atoms with Crippen molar-refractivity contribution in [2.45, 2.75) is 39.7 Å². The summed E-state index contributed by atoms with van der Waals surface area (Å²) in [5.74, 6) is 0.392. The van der Waals surface area contributed by atoms with Crippen LogP contribution in [0.1, 0.15) is 33.6 Å². The lowest BCUT2D eigenvalue weighted by Gasteiger charge is -2.27. The third-order valence-electron chi connectivity index (χ3n) is 3.04. The Balaban J connectivity index is 2.29. The minimum Gasteiger partial charge on any atom is -0.381 e. The van der Waals surface area contributed by atoms with Crippen LogP contribution in [0.5, 0.6) is 0 Å². The summed E-state index contributed by atoms with van der Waals surface area (Å²) in [6, 6.07) is -0.447. The minimum atomic E-state index is -0.447. The molecule has 2 unspecified atom stereocenters. The van der Waals surface area contributed by atoms with Gasteiger partial charge in [0.2, 0.25) is 5.91 Å². The molecule has 0 aromatic rings. The molecule has 0 aromatic heterocycles. The molecule has 94 valence electrons. The van der Waals surface area contributed by atoms with Crippen molar-refractivity contribution in [3.05, 3.63) is 0 Å². The fourth-order valence-electron chi connectivity index (χ4n) is 1.72. The van der Waals surface area contributed by atoms with Crippen LogP contribution in [-0.2, 0) is 9.53 Å². The molecule has 1 saturated heterocycles. The van der Waals surface area contributed by atoms with Crippen LogP contribution < -0.4 is 11.1 Å². The van der Waals surface area contributed by atoms with E-state index in [0.717, 1.165) is 26.1 Å². The first-order valence-electron chi connectivity index (χ1n) is 6.02. The molecule has 0 bridgehead atoms. The van der Waals surface area contributed by atoms with Crippen molar-refractivity contribution < 1.29 is 9.53 Å². The topological polar surface area (TPSA) is 64.4 Å². The van der Waals surface area contributed by atoms with Gasteiger partial charge >= 0.3 is 0 Å². The van der Waals surface area contributed by atoms with Gasteiger partial charge in [0.05, 0.1) is 12.6 Å². The highest BCUT2D eigenvalue weighted by atomic mass is 16.5. The van der Waals surface area contributed by atoms with Crippen molar-refractivity contribution in [2.75, 3.05) is 19.8 Å². The average Bonchev–Trinajstić information content (AvgIpc) is 2.25. The highest BCUT2D eigenvalue weighted by molar-refractivity contribution is 5.82. The summed E-state index contributed by atoms with van der Waals surface area (Å²) in [6.07, 6.45) is 2.22. The monoisotopic (exact) mass is 228 g/mol. The van der Waals surface area contributed by atoms with Gasteiger partial charge in [-0.1, -0.05) is 20.8 Å². The number of rotatable bonds is 3. The van der Waals surface area contributed by atoms with Gasteiger partial charge < -0.3 is 15.8 Å². The molecule has 1 amide bonds. The van der Waals surface area contributed by atoms with Crippen LogP contribution in [0.2, 0.25) is 0 Å². The zero-order valence-electron chi connectivity index (χ0n) is 10.6. The van der Waals surface area contributed by atoms with Crippen molar-refractivity contribution in [3.8, 4) is 0 Å². The van der Waals surface area contributed by atoms with Crippen LogP contribution in [0, 0.1) is 11.3 Å². The number of ether oxygens (including phenoxy) is 1. The normalized spacial score (nSPS) is 23.9. The Hall–Kier alpha value is -0.610. The minimum absolute atomic E-state index is 0.0573. The quantitative estimate of drug-likeness (QED) is 0.754. The first-order valence-corrected chi connectivity index (χ1v) is 6.02. The molecular formula is C12H24N2O2. The molecule has 0 spiro atoms. The van der Waals surface area contributed by atoms with E-state index in [1.165, 1.54) is 0 Å². The third kappa shape index (κ3) is 4.10. The summed E-state index contributed by atoms with van der Waals surface area (Å²) in [7, 11) is 0. The Labute approximate surface area is 97.9 Å². The van der Waals surface area contributed by atoms with Crippen LogP contribution in [0.25, 0.3) is 0 Å². The highest BCUT2D eigenvalue weighted by Crippen LogP contribution is 2.17. The van der Waals surface area contributed by atoms with Crippen molar-refractivity contribution >= 4 is 5.91 Å². The van der Waals surface area contributed by atoms with Crippen molar-refractivity contribution in [1.29, 1.82) is 0 Å². The lowest BCUT2D eigenvalue weighted by atomic mass is 9.87. The fraction of sp³-hybridized carbons (Fsp3) is 0.917. The molecule has 16 heavy (non-hydrogen) atoms. The second kappa shape index (κ2) is 5.64. The Bertz CT molecular complexity index is 230. The molecule has 0 aromatic carbocycles. The number of carbonyl (C=O) groups is 1. The van der Waals surface area contributed by atoms with E-state index in [2.05, 4.69) is 5.32 Å². The van der Waals surface area contributed by atoms with Crippen LogP contribution in [0.4, 0.5) is 0 Å². The van der Waals surface area contributed by atoms with Crippen LogP contribution >= 0.6 is 0 Å². The van der Waals surface area contributed by atoms with Gasteiger partial charge in [-0.05, 0) is 24.2 Å². The van der Waals surface area contributed by atoms with Gasteiger partial charge in [-0.3, -0.25) is 4.79 Å². The predicted molar refractivity (Wildman–Crippen MR) is 64.0 cm³/mol. The van der Waals surface area contributed by atoms with E-state index in [0.29, 0.717) is 12.5 Å². The average molecular weight is 228 g/mol. The first-order chi connectivity index (χ1) is 7.41. The van der Waals surface area contributed by atoms with E-state index in [9.17, 15) is 4.79 Å². The molecule has 2 atom stereocenters. The van der Waals surface area contributed by atoms with Gasteiger partial charge in [-0.25, -0.2) is 0 Å². The Morgan fingerprint density at radius 3 is 2.75 bits per heavy atom. The number of carbonyl (C=O) groups excluding carboxylic acids is 1. The second-order valence-corrected chi connectivity index (χ2v) is 5.67. The Morgan fingerprint density at radius 1 is 1.56 bits per heavy atom. The molecule has 0 saturated carbocycles. The SMILES string of the molecule is CC(C)(C)C(N)C(=O)NCC1CCCOC1. The maximum absolute atomic E-state index is 11.8. The van der Waals surface area contributed by atoms with Crippen molar-refractivity contribution in [1.82, 2.24) is 5.32 Å². The van der Waals surface area contributed by atoms with E-state index in [1.54, 1.807) is 0 Å². The van der Waals surface area contributed by atoms with E-state index in [1.807, 2.05) is 20.8 Å². The summed E-state index contributed by atoms with van der Waals surface area (Å²) in [5, 5.41) is 2.91. The summed E-state index contributed by atoms with van der Waals surface area (Å²) in [6.45, 7) is 8.21. The summed E-state index contributed by atoms with van der Waals surface area (Å²) in [4.78, 5) is 11.8. The molecule has 4 nitrogen and oxygen atoms in total. The van der Waals surface area contributed by atoms with E-state index >= 15 is 0 Å². The molecule has 1 aliphatic rings. The maximum atomic E-state index is 11.8. The van der Waals surface area contributed by atoms with Gasteiger partial charge in [-0.15, -0.1) is 0 Å². The molecule has 4 heteroatoms. The first kappa shape index (κ1) is 13.5. The van der Waals surface area contributed by atoms with Gasteiger partial charge in [0.15, 0.2) is 0 Å². The van der Waals surface area contributed by atoms with Crippen molar-refractivity contribution in [2.24, 2.45) is 17.1 Å². The molecule has 1 heterocycles. The number of nitrogens with one attached hydrogen (secondary N) is 1. The largest absolute Gasteiger partial charge is 0.381 e. The van der Waals surface area contributed by atoms with Crippen LogP contribution in [-0.4, -0.2) is 31.7 Å². The fourth-order valence-corrected chi connectivity index (χ4v) is 1.72. The zero-order valence-corrected chi connectivity index (χ0v) is 10.6.